The van der Waals surface area contributed by atoms with Crippen molar-refractivity contribution in [2.24, 2.45) is 11.8 Å². The van der Waals surface area contributed by atoms with Gasteiger partial charge in [-0.2, -0.15) is 0 Å². The molecule has 1 aliphatic carbocycles. The first-order chi connectivity index (χ1) is 11.2. The van der Waals surface area contributed by atoms with Crippen LogP contribution in [-0.2, 0) is 17.6 Å². The van der Waals surface area contributed by atoms with E-state index in [0.29, 0.717) is 0 Å². The SMILES string of the molecule is CCCC1CCC(CCc2ccc(CCCC(=O)O)cc2)CC1. The van der Waals surface area contributed by atoms with Crippen molar-refractivity contribution in [1.29, 1.82) is 0 Å². The Morgan fingerprint density at radius 2 is 1.48 bits per heavy atom. The molecule has 1 N–H and O–H groups in total. The van der Waals surface area contributed by atoms with E-state index in [9.17, 15) is 4.79 Å². The van der Waals surface area contributed by atoms with E-state index in [4.69, 9.17) is 5.11 Å². The molecule has 1 aliphatic rings. The van der Waals surface area contributed by atoms with E-state index < -0.39 is 5.97 Å². The fourth-order valence-electron chi connectivity index (χ4n) is 3.90. The Hall–Kier alpha value is -1.31. The minimum Gasteiger partial charge on any atom is -0.481 e. The van der Waals surface area contributed by atoms with E-state index in [2.05, 4.69) is 31.2 Å². The van der Waals surface area contributed by atoms with Crippen molar-refractivity contribution >= 4 is 5.97 Å². The van der Waals surface area contributed by atoms with Gasteiger partial charge in [-0.25, -0.2) is 0 Å². The highest BCUT2D eigenvalue weighted by Gasteiger charge is 2.20. The van der Waals surface area contributed by atoms with Crippen molar-refractivity contribution in [3.05, 3.63) is 35.4 Å². The van der Waals surface area contributed by atoms with Gasteiger partial charge < -0.3 is 5.11 Å². The molecule has 23 heavy (non-hydrogen) atoms. The summed E-state index contributed by atoms with van der Waals surface area (Å²) in [4.78, 5) is 10.5. The fourth-order valence-corrected chi connectivity index (χ4v) is 3.90. The molecule has 0 spiro atoms. The fraction of sp³-hybridized carbons (Fsp3) is 0.667. The molecule has 2 rings (SSSR count). The van der Waals surface area contributed by atoms with Crippen molar-refractivity contribution in [3.8, 4) is 0 Å². The van der Waals surface area contributed by atoms with Crippen LogP contribution in [0.2, 0.25) is 0 Å². The van der Waals surface area contributed by atoms with Crippen LogP contribution in [0.3, 0.4) is 0 Å². The Labute approximate surface area is 141 Å². The normalized spacial score (nSPS) is 21.3. The van der Waals surface area contributed by atoms with E-state index in [1.807, 2.05) is 0 Å². The van der Waals surface area contributed by atoms with Gasteiger partial charge in [0.25, 0.3) is 0 Å². The van der Waals surface area contributed by atoms with Crippen molar-refractivity contribution in [1.82, 2.24) is 0 Å². The third-order valence-corrected chi connectivity index (χ3v) is 5.38. The van der Waals surface area contributed by atoms with Crippen molar-refractivity contribution < 1.29 is 9.90 Å². The zero-order chi connectivity index (χ0) is 16.5. The quantitative estimate of drug-likeness (QED) is 0.640. The van der Waals surface area contributed by atoms with Crippen LogP contribution in [-0.4, -0.2) is 11.1 Å². The summed E-state index contributed by atoms with van der Waals surface area (Å²) in [6.07, 6.45) is 12.9. The third-order valence-electron chi connectivity index (χ3n) is 5.38. The number of hydrogen-bond acceptors (Lipinski definition) is 1. The summed E-state index contributed by atoms with van der Waals surface area (Å²) in [7, 11) is 0. The molecule has 0 atom stereocenters. The third kappa shape index (κ3) is 6.76. The highest BCUT2D eigenvalue weighted by molar-refractivity contribution is 5.66. The molecular formula is C21H32O2. The van der Waals surface area contributed by atoms with Crippen LogP contribution in [0.1, 0.15) is 75.8 Å². The van der Waals surface area contributed by atoms with E-state index in [0.717, 1.165) is 24.7 Å². The molecule has 2 nitrogen and oxygen atoms in total. The van der Waals surface area contributed by atoms with E-state index in [-0.39, 0.29) is 6.42 Å². The topological polar surface area (TPSA) is 37.3 Å². The maximum absolute atomic E-state index is 10.5. The Bertz CT molecular complexity index is 455. The molecule has 1 fully saturated rings. The Balaban J connectivity index is 1.67. The largest absolute Gasteiger partial charge is 0.481 e. The first-order valence-electron chi connectivity index (χ1n) is 9.47. The number of aryl methyl sites for hydroxylation is 2. The van der Waals surface area contributed by atoms with Gasteiger partial charge in [0.2, 0.25) is 0 Å². The molecule has 0 bridgehead atoms. The van der Waals surface area contributed by atoms with Gasteiger partial charge >= 0.3 is 5.97 Å². The van der Waals surface area contributed by atoms with Gasteiger partial charge in [-0.3, -0.25) is 4.79 Å². The second-order valence-corrected chi connectivity index (χ2v) is 7.28. The summed E-state index contributed by atoms with van der Waals surface area (Å²) < 4.78 is 0. The summed E-state index contributed by atoms with van der Waals surface area (Å²) in [6, 6.07) is 8.82. The van der Waals surface area contributed by atoms with E-state index in [1.165, 1.54) is 62.5 Å². The van der Waals surface area contributed by atoms with Crippen LogP contribution in [0.4, 0.5) is 0 Å². The van der Waals surface area contributed by atoms with Crippen LogP contribution in [0.25, 0.3) is 0 Å². The molecule has 2 heteroatoms. The van der Waals surface area contributed by atoms with E-state index >= 15 is 0 Å². The molecule has 0 amide bonds. The molecule has 0 saturated heterocycles. The molecular weight excluding hydrogens is 284 g/mol. The van der Waals surface area contributed by atoms with Gasteiger partial charge in [-0.15, -0.1) is 0 Å². The molecule has 1 aromatic rings. The molecule has 0 radical (unpaired) electrons. The maximum atomic E-state index is 10.5. The molecule has 128 valence electrons. The number of carbonyl (C=O) groups is 1. The van der Waals surface area contributed by atoms with Crippen LogP contribution in [0, 0.1) is 11.8 Å². The number of carboxylic acids is 1. The second-order valence-electron chi connectivity index (χ2n) is 7.28. The average Bonchev–Trinajstić information content (AvgIpc) is 2.55. The van der Waals surface area contributed by atoms with Crippen LogP contribution < -0.4 is 0 Å². The van der Waals surface area contributed by atoms with Crippen LogP contribution >= 0.6 is 0 Å². The van der Waals surface area contributed by atoms with Crippen LogP contribution in [0.15, 0.2) is 24.3 Å². The van der Waals surface area contributed by atoms with Gasteiger partial charge in [0.05, 0.1) is 0 Å². The van der Waals surface area contributed by atoms with Gasteiger partial charge in [-0.05, 0) is 48.6 Å². The molecule has 0 unspecified atom stereocenters. The summed E-state index contributed by atoms with van der Waals surface area (Å²) in [5.74, 6) is 1.23. The van der Waals surface area contributed by atoms with Gasteiger partial charge in [-0.1, -0.05) is 69.7 Å². The lowest BCUT2D eigenvalue weighted by Gasteiger charge is -2.28. The molecule has 1 aromatic carbocycles. The van der Waals surface area contributed by atoms with Gasteiger partial charge in [0.15, 0.2) is 0 Å². The predicted molar refractivity (Wildman–Crippen MR) is 95.7 cm³/mol. The lowest BCUT2D eigenvalue weighted by atomic mass is 9.78. The summed E-state index contributed by atoms with van der Waals surface area (Å²) in [6.45, 7) is 2.30. The maximum Gasteiger partial charge on any atom is 0.303 e. The summed E-state index contributed by atoms with van der Waals surface area (Å²) in [5, 5.41) is 8.68. The minimum atomic E-state index is -0.699. The lowest BCUT2D eigenvalue weighted by Crippen LogP contribution is -2.15. The minimum absolute atomic E-state index is 0.266. The highest BCUT2D eigenvalue weighted by Crippen LogP contribution is 2.33. The van der Waals surface area contributed by atoms with Gasteiger partial charge in [0.1, 0.15) is 0 Å². The van der Waals surface area contributed by atoms with Crippen molar-refractivity contribution in [2.75, 3.05) is 0 Å². The Morgan fingerprint density at radius 3 is 2.00 bits per heavy atom. The number of rotatable bonds is 9. The zero-order valence-corrected chi connectivity index (χ0v) is 14.6. The van der Waals surface area contributed by atoms with E-state index in [1.54, 1.807) is 0 Å². The average molecular weight is 316 g/mol. The second kappa shape index (κ2) is 9.75. The highest BCUT2D eigenvalue weighted by atomic mass is 16.4. The van der Waals surface area contributed by atoms with Crippen molar-refractivity contribution in [3.63, 3.8) is 0 Å². The van der Waals surface area contributed by atoms with Crippen molar-refractivity contribution in [2.45, 2.75) is 77.6 Å². The first-order valence-corrected chi connectivity index (χ1v) is 9.47. The first kappa shape index (κ1) is 18.0. The summed E-state index contributed by atoms with van der Waals surface area (Å²) in [5.41, 5.74) is 2.69. The Morgan fingerprint density at radius 1 is 0.957 bits per heavy atom. The standard InChI is InChI=1S/C21H32O2/c1-2-4-17-7-11-19(12-8-17)15-16-20-13-9-18(10-14-20)5-3-6-21(22)23/h9-10,13-14,17,19H,2-8,11-12,15-16H2,1H3,(H,22,23). The lowest BCUT2D eigenvalue weighted by molar-refractivity contribution is -0.137. The van der Waals surface area contributed by atoms with Crippen LogP contribution in [0.5, 0.6) is 0 Å². The molecule has 1 saturated carbocycles. The van der Waals surface area contributed by atoms with Gasteiger partial charge in [0, 0.05) is 6.42 Å². The molecule has 0 aromatic heterocycles. The Kier molecular flexibility index (Phi) is 7.64. The number of benzene rings is 1. The molecule has 0 heterocycles. The zero-order valence-electron chi connectivity index (χ0n) is 14.6. The summed E-state index contributed by atoms with van der Waals surface area (Å²) >= 11 is 0. The number of aliphatic carboxylic acids is 1. The predicted octanol–water partition coefficient (Wildman–Crippen LogP) is 5.63. The monoisotopic (exact) mass is 316 g/mol. The molecule has 0 aliphatic heterocycles. The number of carboxylic acid groups (broad SMARTS) is 1. The smallest absolute Gasteiger partial charge is 0.303 e. The number of hydrogen-bond donors (Lipinski definition) is 1.